The van der Waals surface area contributed by atoms with Crippen LogP contribution >= 0.6 is 0 Å². The lowest BCUT2D eigenvalue weighted by Gasteiger charge is -2.15. The van der Waals surface area contributed by atoms with Gasteiger partial charge in [-0.05, 0) is 146 Å². The molecule has 0 amide bonds. The van der Waals surface area contributed by atoms with Crippen LogP contribution in [0.1, 0.15) is 55.6 Å². The molecule has 0 heteroatoms. The first-order valence-electron chi connectivity index (χ1n) is 25.6. The van der Waals surface area contributed by atoms with Crippen LogP contribution in [0.15, 0.2) is 267 Å². The quantitative estimate of drug-likeness (QED) is 0.133. The lowest BCUT2D eigenvalue weighted by molar-refractivity contribution is 1.55. The Morgan fingerprint density at radius 3 is 0.608 bits per heavy atom. The monoisotopic (exact) mass is 938 g/mol. The third-order valence-corrected chi connectivity index (χ3v) is 14.7. The Bertz CT molecular complexity index is 3640. The molecule has 2 aliphatic rings. The van der Waals surface area contributed by atoms with E-state index in [-0.39, 0.29) is 0 Å². The first-order chi connectivity index (χ1) is 36.7. The van der Waals surface area contributed by atoms with E-state index in [1.807, 2.05) is 0 Å². The molecule has 0 spiro atoms. The maximum atomic E-state index is 2.35. The molecule has 0 nitrogen and oxygen atoms in total. The minimum atomic E-state index is 1.15. The van der Waals surface area contributed by atoms with Crippen LogP contribution in [0.4, 0.5) is 0 Å². The van der Waals surface area contributed by atoms with Gasteiger partial charge in [0.1, 0.15) is 0 Å². The van der Waals surface area contributed by atoms with Crippen molar-refractivity contribution in [3.63, 3.8) is 0 Å². The van der Waals surface area contributed by atoms with E-state index in [0.717, 1.165) is 11.1 Å². The summed E-state index contributed by atoms with van der Waals surface area (Å²) in [5, 5.41) is 0. The van der Waals surface area contributed by atoms with Crippen molar-refractivity contribution < 1.29 is 0 Å². The standard InChI is InChI=1S/C74H50/c1-3-21-57(55(19-1)47-45-51-37-41-53(42-38-51)49-73-69-33-15-11-29-65(69)61-25-7-8-26-62(61)66-30-12-16-34-70(66)73)59-23-5-6-24-60(59)58-22-4-2-20-56(58)48-46-52-39-43-54(44-40-52)50-74-71-35-17-13-31-67(71)63-27-9-10-28-64(63)68-32-14-18-36-72(68)74/h1-50H. The van der Waals surface area contributed by atoms with Gasteiger partial charge in [0.25, 0.3) is 0 Å². The highest BCUT2D eigenvalue weighted by atomic mass is 14.3. The first kappa shape index (κ1) is 44.3. The molecule has 0 bridgehead atoms. The van der Waals surface area contributed by atoms with E-state index in [1.54, 1.807) is 0 Å². The highest BCUT2D eigenvalue weighted by Gasteiger charge is 2.24. The Morgan fingerprint density at radius 2 is 0.338 bits per heavy atom. The van der Waals surface area contributed by atoms with Crippen molar-refractivity contribution in [3.05, 3.63) is 323 Å². The molecule has 0 heterocycles. The molecule has 74 heavy (non-hydrogen) atoms. The molecule has 0 aliphatic heterocycles. The average Bonchev–Trinajstić information content (AvgIpc) is 3.67. The highest BCUT2D eigenvalue weighted by molar-refractivity contribution is 6.07. The molecule has 0 fully saturated rings. The van der Waals surface area contributed by atoms with Gasteiger partial charge in [-0.3, -0.25) is 0 Å². The van der Waals surface area contributed by atoms with E-state index < -0.39 is 0 Å². The van der Waals surface area contributed by atoms with Crippen LogP contribution in [0.5, 0.6) is 0 Å². The normalized spacial score (nSPS) is 12.2. The fraction of sp³-hybridized carbons (Fsp3) is 0. The number of hydrogen-bond donors (Lipinski definition) is 0. The van der Waals surface area contributed by atoms with Crippen molar-refractivity contribution in [2.45, 2.75) is 0 Å². The van der Waals surface area contributed by atoms with E-state index in [4.69, 9.17) is 0 Å². The zero-order valence-corrected chi connectivity index (χ0v) is 40.9. The summed E-state index contributed by atoms with van der Waals surface area (Å²) < 4.78 is 0. The molecular formula is C74H50. The molecule has 13 rings (SSSR count). The maximum Gasteiger partial charge on any atom is -0.00930 e. The van der Waals surface area contributed by atoms with Gasteiger partial charge in [-0.2, -0.15) is 0 Å². The van der Waals surface area contributed by atoms with Gasteiger partial charge in [0.05, 0.1) is 0 Å². The molecule has 0 aromatic heterocycles. The first-order valence-corrected chi connectivity index (χ1v) is 25.6. The third kappa shape index (κ3) is 8.39. The fourth-order valence-corrected chi connectivity index (χ4v) is 11.2. The molecule has 0 saturated carbocycles. The smallest absolute Gasteiger partial charge is 0.00930 e. The molecule has 346 valence electrons. The number of rotatable bonds is 8. The molecule has 0 unspecified atom stereocenters. The molecule has 0 N–H and O–H groups in total. The van der Waals surface area contributed by atoms with Gasteiger partial charge in [0, 0.05) is 0 Å². The van der Waals surface area contributed by atoms with Crippen LogP contribution in [-0.4, -0.2) is 0 Å². The van der Waals surface area contributed by atoms with Gasteiger partial charge in [-0.15, -0.1) is 0 Å². The number of fused-ring (bicyclic) bond motifs is 10. The summed E-state index contributed by atoms with van der Waals surface area (Å²) in [4.78, 5) is 0. The Hall–Kier alpha value is -9.62. The summed E-state index contributed by atoms with van der Waals surface area (Å²) in [6, 6.07) is 97.0. The van der Waals surface area contributed by atoms with Crippen molar-refractivity contribution in [2.75, 3.05) is 0 Å². The van der Waals surface area contributed by atoms with Gasteiger partial charge in [-0.25, -0.2) is 0 Å². The molecule has 0 saturated heterocycles. The number of benzene rings is 11. The summed E-state index contributed by atoms with van der Waals surface area (Å²) in [7, 11) is 0. The average molecular weight is 939 g/mol. The Labute approximate surface area is 434 Å². The second-order valence-corrected chi connectivity index (χ2v) is 19.1. The highest BCUT2D eigenvalue weighted by Crippen LogP contribution is 2.48. The molecule has 0 radical (unpaired) electrons. The Morgan fingerprint density at radius 1 is 0.149 bits per heavy atom. The van der Waals surface area contributed by atoms with Gasteiger partial charge in [0.15, 0.2) is 0 Å². The second kappa shape index (κ2) is 19.5. The van der Waals surface area contributed by atoms with Crippen LogP contribution in [0, 0.1) is 0 Å². The van der Waals surface area contributed by atoms with E-state index in [2.05, 4.69) is 303 Å². The second-order valence-electron chi connectivity index (χ2n) is 19.1. The largest absolute Gasteiger partial charge is 0.0616 e. The summed E-state index contributed by atoms with van der Waals surface area (Å²) in [6.45, 7) is 0. The van der Waals surface area contributed by atoms with Crippen LogP contribution in [-0.2, 0) is 0 Å². The van der Waals surface area contributed by atoms with Crippen molar-refractivity contribution in [1.82, 2.24) is 0 Å². The summed E-state index contributed by atoms with van der Waals surface area (Å²) in [5.74, 6) is 0. The van der Waals surface area contributed by atoms with Crippen molar-refractivity contribution in [1.29, 1.82) is 0 Å². The fourth-order valence-electron chi connectivity index (χ4n) is 11.2. The molecule has 11 aromatic carbocycles. The van der Waals surface area contributed by atoms with E-state index in [1.165, 1.54) is 122 Å². The molecule has 2 aliphatic carbocycles. The minimum absolute atomic E-state index is 1.15. The number of hydrogen-bond acceptors (Lipinski definition) is 0. The van der Waals surface area contributed by atoms with Crippen LogP contribution in [0.3, 0.4) is 0 Å². The summed E-state index contributed by atoms with van der Waals surface area (Å²) in [5.41, 5.74) is 29.3. The lowest BCUT2D eigenvalue weighted by Crippen LogP contribution is -1.91. The predicted molar refractivity (Wildman–Crippen MR) is 317 cm³/mol. The third-order valence-electron chi connectivity index (χ3n) is 14.7. The SMILES string of the molecule is C(=Cc1ccccc1-c1ccccc1-c1ccccc1C=Cc1ccc(C=C2c3ccccc3-c3ccccc3-c3ccccc32)cc1)c1ccc(C=C2c3ccccc3-c3ccccc3-c3ccccc32)cc1. The Kier molecular flexibility index (Phi) is 11.7. The topological polar surface area (TPSA) is 0 Å². The van der Waals surface area contributed by atoms with E-state index in [9.17, 15) is 0 Å². The van der Waals surface area contributed by atoms with Crippen LogP contribution in [0.25, 0.3) is 114 Å². The van der Waals surface area contributed by atoms with Gasteiger partial charge in [0.2, 0.25) is 0 Å². The summed E-state index contributed by atoms with van der Waals surface area (Å²) in [6.07, 6.45) is 13.7. The van der Waals surface area contributed by atoms with E-state index >= 15 is 0 Å². The van der Waals surface area contributed by atoms with Gasteiger partial charge >= 0.3 is 0 Å². The van der Waals surface area contributed by atoms with E-state index in [0.29, 0.717) is 0 Å². The predicted octanol–water partition coefficient (Wildman–Crippen LogP) is 19.8. The zero-order valence-electron chi connectivity index (χ0n) is 40.9. The lowest BCUT2D eigenvalue weighted by atomic mass is 9.89. The van der Waals surface area contributed by atoms with Crippen molar-refractivity contribution in [2.24, 2.45) is 0 Å². The van der Waals surface area contributed by atoms with Crippen molar-refractivity contribution >= 4 is 47.6 Å². The van der Waals surface area contributed by atoms with Gasteiger partial charge in [-0.1, -0.05) is 291 Å². The van der Waals surface area contributed by atoms with Crippen molar-refractivity contribution in [3.8, 4) is 66.8 Å². The summed E-state index contributed by atoms with van der Waals surface area (Å²) >= 11 is 0. The van der Waals surface area contributed by atoms with Crippen LogP contribution in [0.2, 0.25) is 0 Å². The Balaban J connectivity index is 0.773. The zero-order chi connectivity index (χ0) is 49.2. The maximum absolute atomic E-state index is 2.35. The van der Waals surface area contributed by atoms with Gasteiger partial charge < -0.3 is 0 Å². The molecule has 11 aromatic rings. The molecular weight excluding hydrogens is 889 g/mol. The minimum Gasteiger partial charge on any atom is -0.0616 e. The molecule has 0 atom stereocenters. The van der Waals surface area contributed by atoms with Crippen LogP contribution < -0.4 is 0 Å².